The number of benzene rings is 1. The average molecular weight is 290 g/mol. The Morgan fingerprint density at radius 1 is 1.46 bits per heavy atom. The van der Waals surface area contributed by atoms with Crippen LogP contribution < -0.4 is 4.74 Å². The van der Waals surface area contributed by atoms with Gasteiger partial charge in [-0.05, 0) is 54.1 Å². The first-order chi connectivity index (χ1) is 6.06. The molecule has 1 aromatic carbocycles. The Labute approximate surface area is 91.4 Å². The molecule has 2 nitrogen and oxygen atoms in total. The molecule has 0 radical (unpaired) electrons. The van der Waals surface area contributed by atoms with Crippen LogP contribution in [0.15, 0.2) is 12.1 Å². The maximum atomic E-state index is 11.2. The summed E-state index contributed by atoms with van der Waals surface area (Å²) < 4.78 is 6.08. The first-order valence-corrected chi connectivity index (χ1v) is 4.99. The summed E-state index contributed by atoms with van der Waals surface area (Å²) in [4.78, 5) is 11.2. The Bertz CT molecular complexity index is 345. The monoisotopic (exact) mass is 290 g/mol. The van der Waals surface area contributed by atoms with Crippen molar-refractivity contribution in [1.29, 1.82) is 0 Å². The van der Waals surface area contributed by atoms with Gasteiger partial charge >= 0.3 is 0 Å². The van der Waals surface area contributed by atoms with Gasteiger partial charge in [0.2, 0.25) is 0 Å². The van der Waals surface area contributed by atoms with Crippen molar-refractivity contribution in [2.75, 3.05) is 7.11 Å². The second-order valence-electron chi connectivity index (χ2n) is 2.86. The SMILES string of the molecule is COc1cc(I)c(C(C)=O)cc1C. The maximum absolute atomic E-state index is 11.2. The number of carbonyl (C=O) groups is 1. The number of hydrogen-bond donors (Lipinski definition) is 0. The minimum Gasteiger partial charge on any atom is -0.496 e. The molecule has 0 aliphatic heterocycles. The number of aryl methyl sites for hydroxylation is 1. The molecule has 0 unspecified atom stereocenters. The van der Waals surface area contributed by atoms with Gasteiger partial charge in [-0.1, -0.05) is 0 Å². The molecule has 0 amide bonds. The summed E-state index contributed by atoms with van der Waals surface area (Å²) in [6.07, 6.45) is 0. The van der Waals surface area contributed by atoms with Gasteiger partial charge < -0.3 is 4.74 Å². The van der Waals surface area contributed by atoms with Crippen LogP contribution in [0.2, 0.25) is 0 Å². The lowest BCUT2D eigenvalue weighted by Gasteiger charge is -2.07. The molecule has 70 valence electrons. The van der Waals surface area contributed by atoms with Crippen LogP contribution in [0.5, 0.6) is 5.75 Å². The van der Waals surface area contributed by atoms with E-state index in [4.69, 9.17) is 4.74 Å². The molecule has 3 heteroatoms. The van der Waals surface area contributed by atoms with Gasteiger partial charge in [0.25, 0.3) is 0 Å². The van der Waals surface area contributed by atoms with Crippen molar-refractivity contribution < 1.29 is 9.53 Å². The van der Waals surface area contributed by atoms with E-state index >= 15 is 0 Å². The van der Waals surface area contributed by atoms with Gasteiger partial charge in [0, 0.05) is 9.13 Å². The number of methoxy groups -OCH3 is 1. The predicted molar refractivity (Wildman–Crippen MR) is 60.5 cm³/mol. The Morgan fingerprint density at radius 3 is 2.54 bits per heavy atom. The highest BCUT2D eigenvalue weighted by Crippen LogP contribution is 2.24. The van der Waals surface area contributed by atoms with Gasteiger partial charge in [0.1, 0.15) is 5.75 Å². The van der Waals surface area contributed by atoms with E-state index in [9.17, 15) is 4.79 Å². The average Bonchev–Trinajstić information content (AvgIpc) is 2.07. The Hall–Kier alpha value is -0.580. The van der Waals surface area contributed by atoms with Crippen LogP contribution in [0, 0.1) is 10.5 Å². The van der Waals surface area contributed by atoms with Crippen LogP contribution in [-0.4, -0.2) is 12.9 Å². The Morgan fingerprint density at radius 2 is 2.08 bits per heavy atom. The lowest BCUT2D eigenvalue weighted by Crippen LogP contribution is -1.98. The van der Waals surface area contributed by atoms with Gasteiger partial charge in [-0.25, -0.2) is 0 Å². The summed E-state index contributed by atoms with van der Waals surface area (Å²) in [5, 5.41) is 0. The van der Waals surface area contributed by atoms with Crippen LogP contribution >= 0.6 is 22.6 Å². The summed E-state index contributed by atoms with van der Waals surface area (Å²) >= 11 is 2.14. The van der Waals surface area contributed by atoms with Gasteiger partial charge in [-0.2, -0.15) is 0 Å². The minimum atomic E-state index is 0.0927. The normalized spacial score (nSPS) is 9.85. The lowest BCUT2D eigenvalue weighted by atomic mass is 10.1. The highest BCUT2D eigenvalue weighted by atomic mass is 127. The smallest absolute Gasteiger partial charge is 0.160 e. The number of ether oxygens (including phenoxy) is 1. The summed E-state index contributed by atoms with van der Waals surface area (Å²) in [5.74, 6) is 0.921. The third kappa shape index (κ3) is 2.21. The summed E-state index contributed by atoms with van der Waals surface area (Å²) in [6.45, 7) is 3.50. The molecule has 0 aliphatic carbocycles. The topological polar surface area (TPSA) is 26.3 Å². The van der Waals surface area contributed by atoms with Crippen molar-refractivity contribution in [2.45, 2.75) is 13.8 Å². The standard InChI is InChI=1S/C10H11IO2/c1-6-4-8(7(2)12)9(11)5-10(6)13-3/h4-5H,1-3H3. The molecule has 0 atom stereocenters. The van der Waals surface area contributed by atoms with Gasteiger partial charge in [-0.3, -0.25) is 4.79 Å². The lowest BCUT2D eigenvalue weighted by molar-refractivity contribution is 0.101. The fourth-order valence-corrected chi connectivity index (χ4v) is 1.97. The second kappa shape index (κ2) is 4.09. The van der Waals surface area contributed by atoms with E-state index in [-0.39, 0.29) is 5.78 Å². The van der Waals surface area contributed by atoms with E-state index < -0.39 is 0 Å². The Balaban J connectivity index is 3.28. The van der Waals surface area contributed by atoms with E-state index in [1.54, 1.807) is 14.0 Å². The molecule has 0 bridgehead atoms. The summed E-state index contributed by atoms with van der Waals surface area (Å²) in [6, 6.07) is 3.75. The van der Waals surface area contributed by atoms with Crippen molar-refractivity contribution >= 4 is 28.4 Å². The minimum absolute atomic E-state index is 0.0927. The van der Waals surface area contributed by atoms with Crippen LogP contribution in [0.3, 0.4) is 0 Å². The van der Waals surface area contributed by atoms with Crippen molar-refractivity contribution in [3.63, 3.8) is 0 Å². The van der Waals surface area contributed by atoms with Crippen molar-refractivity contribution in [3.8, 4) is 5.75 Å². The van der Waals surface area contributed by atoms with Gasteiger partial charge in [-0.15, -0.1) is 0 Å². The third-order valence-corrected chi connectivity index (χ3v) is 2.76. The fraction of sp³-hybridized carbons (Fsp3) is 0.300. The van der Waals surface area contributed by atoms with E-state index in [1.165, 1.54) is 0 Å². The van der Waals surface area contributed by atoms with Crippen LogP contribution in [0.1, 0.15) is 22.8 Å². The number of Topliss-reactive ketones (excluding diaryl/α,β-unsaturated/α-hetero) is 1. The largest absolute Gasteiger partial charge is 0.496 e. The van der Waals surface area contributed by atoms with E-state index in [1.807, 2.05) is 19.1 Å². The van der Waals surface area contributed by atoms with Crippen molar-refractivity contribution in [1.82, 2.24) is 0 Å². The van der Waals surface area contributed by atoms with E-state index in [2.05, 4.69) is 22.6 Å². The molecule has 0 aromatic heterocycles. The van der Waals surface area contributed by atoms with Gasteiger partial charge in [0.15, 0.2) is 5.78 Å². The highest BCUT2D eigenvalue weighted by molar-refractivity contribution is 14.1. The molecular weight excluding hydrogens is 279 g/mol. The second-order valence-corrected chi connectivity index (χ2v) is 4.02. The zero-order valence-corrected chi connectivity index (χ0v) is 10.0. The third-order valence-electron chi connectivity index (χ3n) is 1.86. The molecule has 0 saturated heterocycles. The quantitative estimate of drug-likeness (QED) is 0.618. The highest BCUT2D eigenvalue weighted by Gasteiger charge is 2.08. The molecule has 1 rings (SSSR count). The molecule has 1 aromatic rings. The van der Waals surface area contributed by atoms with Crippen LogP contribution in [-0.2, 0) is 0 Å². The predicted octanol–water partition coefficient (Wildman–Crippen LogP) is 2.81. The van der Waals surface area contributed by atoms with Crippen LogP contribution in [0.4, 0.5) is 0 Å². The van der Waals surface area contributed by atoms with Crippen LogP contribution in [0.25, 0.3) is 0 Å². The van der Waals surface area contributed by atoms with Gasteiger partial charge in [0.05, 0.1) is 7.11 Å². The summed E-state index contributed by atoms with van der Waals surface area (Å²) in [7, 11) is 1.63. The zero-order valence-electron chi connectivity index (χ0n) is 7.85. The molecule has 0 saturated carbocycles. The number of ketones is 1. The molecule has 0 heterocycles. The molecular formula is C10H11IO2. The molecule has 13 heavy (non-hydrogen) atoms. The first-order valence-electron chi connectivity index (χ1n) is 3.91. The number of rotatable bonds is 2. The van der Waals surface area contributed by atoms with Crippen molar-refractivity contribution in [3.05, 3.63) is 26.8 Å². The number of carbonyl (C=O) groups excluding carboxylic acids is 1. The maximum Gasteiger partial charge on any atom is 0.160 e. The fourth-order valence-electron chi connectivity index (χ4n) is 1.15. The van der Waals surface area contributed by atoms with E-state index in [0.717, 1.165) is 20.4 Å². The van der Waals surface area contributed by atoms with Crippen molar-refractivity contribution in [2.24, 2.45) is 0 Å². The Kier molecular flexibility index (Phi) is 3.30. The molecule has 0 spiro atoms. The number of halogens is 1. The zero-order chi connectivity index (χ0) is 10.0. The molecule has 0 N–H and O–H groups in total. The van der Waals surface area contributed by atoms with E-state index in [0.29, 0.717) is 0 Å². The molecule has 0 aliphatic rings. The number of hydrogen-bond acceptors (Lipinski definition) is 2. The first kappa shape index (κ1) is 10.5. The summed E-state index contributed by atoms with van der Waals surface area (Å²) in [5.41, 5.74) is 1.76. The molecule has 0 fully saturated rings.